The van der Waals surface area contributed by atoms with Gasteiger partial charge >= 0.3 is 0 Å². The lowest BCUT2D eigenvalue weighted by Gasteiger charge is -2.25. The Labute approximate surface area is 102 Å². The predicted molar refractivity (Wildman–Crippen MR) is 65.4 cm³/mol. The number of aldehydes is 4. The van der Waals surface area contributed by atoms with Crippen LogP contribution < -0.4 is 0 Å². The van der Waals surface area contributed by atoms with Gasteiger partial charge in [0.2, 0.25) is 0 Å². The van der Waals surface area contributed by atoms with Crippen LogP contribution >= 0.6 is 21.6 Å². The Bertz CT molecular complexity index is 270. The summed E-state index contributed by atoms with van der Waals surface area (Å²) in [5.74, 6) is -0.439. The fourth-order valence-corrected chi connectivity index (χ4v) is 3.43. The summed E-state index contributed by atoms with van der Waals surface area (Å²) in [5.41, 5.74) is 0. The standard InChI is InChI=1S/C10H14O4S2/c1-8(5-12)10(2,7-14)16-15-9(6-13)3-4-11/h4-9H,3H2,1-2H3. The lowest BCUT2D eigenvalue weighted by molar-refractivity contribution is -0.116. The van der Waals surface area contributed by atoms with Crippen molar-refractivity contribution in [2.45, 2.75) is 30.3 Å². The molecule has 0 radical (unpaired) electrons. The molecule has 0 saturated carbocycles. The molecular formula is C10H14O4S2. The van der Waals surface area contributed by atoms with E-state index in [1.165, 1.54) is 0 Å². The molecule has 3 unspecified atom stereocenters. The van der Waals surface area contributed by atoms with Crippen LogP contribution in [-0.2, 0) is 19.2 Å². The number of rotatable bonds is 9. The van der Waals surface area contributed by atoms with E-state index in [4.69, 9.17) is 0 Å². The van der Waals surface area contributed by atoms with Gasteiger partial charge < -0.3 is 19.2 Å². The van der Waals surface area contributed by atoms with Gasteiger partial charge in [0.15, 0.2) is 0 Å². The van der Waals surface area contributed by atoms with E-state index in [2.05, 4.69) is 0 Å². The van der Waals surface area contributed by atoms with E-state index >= 15 is 0 Å². The maximum atomic E-state index is 10.9. The SMILES string of the molecule is CC(C=O)C(C)(C=O)SSC(C=O)CC=O. The lowest BCUT2D eigenvalue weighted by atomic mass is 9.98. The van der Waals surface area contributed by atoms with Crippen LogP contribution in [0.4, 0.5) is 0 Å². The van der Waals surface area contributed by atoms with Crippen molar-refractivity contribution in [3.63, 3.8) is 0 Å². The first-order valence-electron chi connectivity index (χ1n) is 4.69. The van der Waals surface area contributed by atoms with E-state index < -0.39 is 15.9 Å². The van der Waals surface area contributed by atoms with Gasteiger partial charge in [-0.2, -0.15) is 0 Å². The minimum Gasteiger partial charge on any atom is -0.303 e. The molecule has 6 heteroatoms. The fourth-order valence-electron chi connectivity index (χ4n) is 0.716. The average Bonchev–Trinajstić information content (AvgIpc) is 2.32. The van der Waals surface area contributed by atoms with Gasteiger partial charge in [-0.15, -0.1) is 0 Å². The van der Waals surface area contributed by atoms with Crippen molar-refractivity contribution in [1.29, 1.82) is 0 Å². The predicted octanol–water partition coefficient (Wildman–Crippen LogP) is 1.32. The normalized spacial score (nSPS) is 17.9. The summed E-state index contributed by atoms with van der Waals surface area (Å²) in [5, 5.41) is -0.472. The molecule has 0 aliphatic rings. The third-order valence-electron chi connectivity index (χ3n) is 2.17. The molecule has 0 aromatic carbocycles. The monoisotopic (exact) mass is 262 g/mol. The van der Waals surface area contributed by atoms with Crippen LogP contribution in [-0.4, -0.2) is 35.1 Å². The van der Waals surface area contributed by atoms with E-state index in [1.54, 1.807) is 13.8 Å². The highest BCUT2D eigenvalue weighted by atomic mass is 33.1. The molecule has 0 aliphatic heterocycles. The van der Waals surface area contributed by atoms with Crippen molar-refractivity contribution >= 4 is 46.7 Å². The minimum absolute atomic E-state index is 0.117. The third-order valence-corrected chi connectivity index (χ3v) is 5.76. The van der Waals surface area contributed by atoms with Crippen LogP contribution in [0.1, 0.15) is 20.3 Å². The molecule has 16 heavy (non-hydrogen) atoms. The molecule has 0 aromatic heterocycles. The third kappa shape index (κ3) is 4.49. The molecular weight excluding hydrogens is 248 g/mol. The second kappa shape index (κ2) is 7.62. The second-order valence-electron chi connectivity index (χ2n) is 3.48. The zero-order chi connectivity index (χ0) is 12.6. The number of hydrogen-bond acceptors (Lipinski definition) is 6. The lowest BCUT2D eigenvalue weighted by Crippen LogP contribution is -2.31. The van der Waals surface area contributed by atoms with Crippen molar-refractivity contribution in [1.82, 2.24) is 0 Å². The molecule has 0 spiro atoms. The largest absolute Gasteiger partial charge is 0.303 e. The van der Waals surface area contributed by atoms with Crippen LogP contribution in [0.3, 0.4) is 0 Å². The molecule has 0 saturated heterocycles. The second-order valence-corrected chi connectivity index (χ2v) is 6.40. The molecule has 0 aromatic rings. The Balaban J connectivity index is 4.42. The maximum Gasteiger partial charge on any atom is 0.137 e. The van der Waals surface area contributed by atoms with Crippen molar-refractivity contribution in [2.75, 3.05) is 0 Å². The fraction of sp³-hybridized carbons (Fsp3) is 0.600. The van der Waals surface area contributed by atoms with Gasteiger partial charge in [-0.05, 0) is 6.92 Å². The summed E-state index contributed by atoms with van der Waals surface area (Å²) in [4.78, 5) is 42.4. The summed E-state index contributed by atoms with van der Waals surface area (Å²) in [7, 11) is 2.30. The first kappa shape index (κ1) is 15.4. The van der Waals surface area contributed by atoms with Gasteiger partial charge in [0.25, 0.3) is 0 Å². The summed E-state index contributed by atoms with van der Waals surface area (Å²) in [6.07, 6.45) is 2.85. The van der Waals surface area contributed by atoms with E-state index in [1.807, 2.05) is 0 Å². The molecule has 0 amide bonds. The Kier molecular flexibility index (Phi) is 7.33. The quantitative estimate of drug-likeness (QED) is 0.461. The summed E-state index contributed by atoms with van der Waals surface area (Å²) in [6, 6.07) is 0. The first-order valence-corrected chi connectivity index (χ1v) is 6.90. The Morgan fingerprint density at radius 1 is 1.19 bits per heavy atom. The Morgan fingerprint density at radius 2 is 1.81 bits per heavy atom. The first-order chi connectivity index (χ1) is 7.53. The average molecular weight is 262 g/mol. The smallest absolute Gasteiger partial charge is 0.137 e. The summed E-state index contributed by atoms with van der Waals surface area (Å²) >= 11 is 0. The summed E-state index contributed by atoms with van der Waals surface area (Å²) < 4.78 is -0.865. The topological polar surface area (TPSA) is 68.3 Å². The molecule has 3 atom stereocenters. The van der Waals surface area contributed by atoms with Gasteiger partial charge in [0.05, 0.1) is 10.00 Å². The highest BCUT2D eigenvalue weighted by Gasteiger charge is 2.32. The number of hydrogen-bond donors (Lipinski definition) is 0. The maximum absolute atomic E-state index is 10.9. The highest BCUT2D eigenvalue weighted by molar-refractivity contribution is 8.77. The van der Waals surface area contributed by atoms with Crippen molar-refractivity contribution < 1.29 is 19.2 Å². The molecule has 0 aliphatic carbocycles. The zero-order valence-electron chi connectivity index (χ0n) is 9.12. The van der Waals surface area contributed by atoms with E-state index in [0.29, 0.717) is 25.1 Å². The number of carbonyl (C=O) groups excluding carboxylic acids is 4. The molecule has 0 N–H and O–H groups in total. The van der Waals surface area contributed by atoms with Crippen molar-refractivity contribution in [2.24, 2.45) is 5.92 Å². The van der Waals surface area contributed by atoms with Crippen LogP contribution in [0.2, 0.25) is 0 Å². The van der Waals surface area contributed by atoms with Crippen LogP contribution in [0.5, 0.6) is 0 Å². The molecule has 0 heterocycles. The minimum atomic E-state index is -0.865. The van der Waals surface area contributed by atoms with E-state index in [0.717, 1.165) is 21.6 Å². The van der Waals surface area contributed by atoms with Gasteiger partial charge in [0.1, 0.15) is 25.1 Å². The van der Waals surface area contributed by atoms with Gasteiger partial charge in [-0.3, -0.25) is 0 Å². The van der Waals surface area contributed by atoms with Gasteiger partial charge in [-0.1, -0.05) is 28.5 Å². The van der Waals surface area contributed by atoms with E-state index in [9.17, 15) is 19.2 Å². The molecule has 0 fully saturated rings. The summed E-state index contributed by atoms with van der Waals surface area (Å²) in [6.45, 7) is 3.28. The van der Waals surface area contributed by atoms with Crippen LogP contribution in [0, 0.1) is 5.92 Å². The van der Waals surface area contributed by atoms with Crippen LogP contribution in [0.25, 0.3) is 0 Å². The van der Waals surface area contributed by atoms with Crippen molar-refractivity contribution in [3.8, 4) is 0 Å². The molecule has 4 nitrogen and oxygen atoms in total. The Morgan fingerprint density at radius 3 is 2.19 bits per heavy atom. The van der Waals surface area contributed by atoms with Gasteiger partial charge in [0, 0.05) is 12.3 Å². The highest BCUT2D eigenvalue weighted by Crippen LogP contribution is 2.41. The molecule has 90 valence electrons. The Hall–Kier alpha value is -0.620. The van der Waals surface area contributed by atoms with Gasteiger partial charge in [-0.25, -0.2) is 0 Å². The number of carbonyl (C=O) groups is 4. The molecule has 0 rings (SSSR count). The van der Waals surface area contributed by atoms with E-state index in [-0.39, 0.29) is 6.42 Å². The zero-order valence-corrected chi connectivity index (χ0v) is 10.8. The van der Waals surface area contributed by atoms with Crippen LogP contribution in [0.15, 0.2) is 0 Å². The molecule has 0 bridgehead atoms. The van der Waals surface area contributed by atoms with Crippen molar-refractivity contribution in [3.05, 3.63) is 0 Å².